The average molecular weight is 453 g/mol. The number of hydrogen-bond acceptors (Lipinski definition) is 5. The largest absolute Gasteiger partial charge is 0.465 e. The number of carbonyl (C=O) groups excluding carboxylic acids is 3. The summed E-state index contributed by atoms with van der Waals surface area (Å²) in [5.41, 5.74) is 1.65. The summed E-state index contributed by atoms with van der Waals surface area (Å²) in [6, 6.07) is 13.6. The van der Waals surface area contributed by atoms with Crippen molar-refractivity contribution in [3.05, 3.63) is 68.8 Å². The first-order valence-corrected chi connectivity index (χ1v) is 8.44. The van der Waals surface area contributed by atoms with Crippen LogP contribution < -0.4 is 5.32 Å². The Hall–Kier alpha value is -2.42. The molecule has 0 radical (unpaired) electrons. The van der Waals surface area contributed by atoms with Gasteiger partial charge < -0.3 is 14.8 Å². The van der Waals surface area contributed by atoms with Gasteiger partial charge in [-0.2, -0.15) is 0 Å². The van der Waals surface area contributed by atoms with Gasteiger partial charge in [-0.3, -0.25) is 4.79 Å². The number of esters is 2. The minimum atomic E-state index is -0.545. The van der Waals surface area contributed by atoms with Crippen LogP contribution in [0.5, 0.6) is 0 Å². The summed E-state index contributed by atoms with van der Waals surface area (Å²) < 4.78 is 10.5. The minimum Gasteiger partial charge on any atom is -0.465 e. The maximum Gasteiger partial charge on any atom is 0.338 e. The van der Waals surface area contributed by atoms with Crippen molar-refractivity contribution in [3.8, 4) is 0 Å². The van der Waals surface area contributed by atoms with Gasteiger partial charge in [0, 0.05) is 10.1 Å². The second kappa shape index (κ2) is 9.16. The Balaban J connectivity index is 1.79. The number of nitrogens with one attached hydrogen (secondary N) is 1. The van der Waals surface area contributed by atoms with Crippen LogP contribution in [0.25, 0.3) is 0 Å². The molecule has 2 aromatic rings. The lowest BCUT2D eigenvalue weighted by Gasteiger charge is -2.07. The van der Waals surface area contributed by atoms with Crippen molar-refractivity contribution >= 4 is 40.4 Å². The number of methoxy groups -OCH3 is 1. The van der Waals surface area contributed by atoms with Crippen molar-refractivity contribution in [3.63, 3.8) is 0 Å². The SMILES string of the molecule is COC(=O)c1ccc(CNC(=O)COC(=O)c2cccc(I)c2)cc1. The molecule has 0 aliphatic carbocycles. The number of rotatable bonds is 6. The van der Waals surface area contributed by atoms with Gasteiger partial charge in [0.05, 0.1) is 18.2 Å². The monoisotopic (exact) mass is 453 g/mol. The molecule has 2 aromatic carbocycles. The third kappa shape index (κ3) is 5.86. The Labute approximate surface area is 158 Å². The van der Waals surface area contributed by atoms with Crippen LogP contribution in [0.15, 0.2) is 48.5 Å². The van der Waals surface area contributed by atoms with Crippen LogP contribution >= 0.6 is 22.6 Å². The zero-order chi connectivity index (χ0) is 18.2. The third-order valence-electron chi connectivity index (χ3n) is 3.26. The molecule has 130 valence electrons. The number of amides is 1. The topological polar surface area (TPSA) is 81.7 Å². The number of hydrogen-bond donors (Lipinski definition) is 1. The van der Waals surface area contributed by atoms with Crippen molar-refractivity contribution in [1.29, 1.82) is 0 Å². The van der Waals surface area contributed by atoms with E-state index < -0.39 is 17.8 Å². The summed E-state index contributed by atoms with van der Waals surface area (Å²) in [5.74, 6) is -1.37. The van der Waals surface area contributed by atoms with Crippen molar-refractivity contribution in [1.82, 2.24) is 5.32 Å². The summed E-state index contributed by atoms with van der Waals surface area (Å²) in [7, 11) is 1.31. The van der Waals surface area contributed by atoms with E-state index in [4.69, 9.17) is 4.74 Å². The van der Waals surface area contributed by atoms with Gasteiger partial charge in [-0.05, 0) is 58.5 Å². The number of carbonyl (C=O) groups is 3. The van der Waals surface area contributed by atoms with Gasteiger partial charge in [0.2, 0.25) is 0 Å². The fourth-order valence-electron chi connectivity index (χ4n) is 1.96. The van der Waals surface area contributed by atoms with Crippen molar-refractivity contribution in [2.75, 3.05) is 13.7 Å². The van der Waals surface area contributed by atoms with E-state index in [1.54, 1.807) is 42.5 Å². The van der Waals surface area contributed by atoms with Gasteiger partial charge in [0.1, 0.15) is 0 Å². The lowest BCUT2D eigenvalue weighted by Crippen LogP contribution is -2.28. The summed E-state index contributed by atoms with van der Waals surface area (Å²) in [6.07, 6.45) is 0. The fraction of sp³-hybridized carbons (Fsp3) is 0.167. The molecule has 6 nitrogen and oxygen atoms in total. The average Bonchev–Trinajstić information content (AvgIpc) is 2.64. The van der Waals surface area contributed by atoms with Gasteiger partial charge in [0.15, 0.2) is 6.61 Å². The molecule has 0 aliphatic rings. The molecule has 0 fully saturated rings. The quantitative estimate of drug-likeness (QED) is 0.537. The Bertz CT molecular complexity index is 773. The van der Waals surface area contributed by atoms with Crippen LogP contribution in [0, 0.1) is 3.57 Å². The van der Waals surface area contributed by atoms with Crippen molar-refractivity contribution in [2.45, 2.75) is 6.54 Å². The molecule has 0 aliphatic heterocycles. The Morgan fingerprint density at radius 3 is 2.36 bits per heavy atom. The van der Waals surface area contributed by atoms with E-state index in [1.165, 1.54) is 7.11 Å². The number of benzene rings is 2. The highest BCUT2D eigenvalue weighted by atomic mass is 127. The molecule has 0 heterocycles. The van der Waals surface area contributed by atoms with Gasteiger partial charge >= 0.3 is 11.9 Å². The lowest BCUT2D eigenvalue weighted by molar-refractivity contribution is -0.124. The van der Waals surface area contributed by atoms with Crippen LogP contribution in [-0.2, 0) is 20.8 Å². The highest BCUT2D eigenvalue weighted by Gasteiger charge is 2.10. The van der Waals surface area contributed by atoms with Crippen LogP contribution in [-0.4, -0.2) is 31.6 Å². The zero-order valence-electron chi connectivity index (χ0n) is 13.5. The van der Waals surface area contributed by atoms with Gasteiger partial charge in [-0.15, -0.1) is 0 Å². The zero-order valence-corrected chi connectivity index (χ0v) is 15.6. The van der Waals surface area contributed by atoms with E-state index in [0.29, 0.717) is 11.1 Å². The Morgan fingerprint density at radius 2 is 1.72 bits per heavy atom. The van der Waals surface area contributed by atoms with E-state index in [2.05, 4.69) is 32.6 Å². The molecule has 25 heavy (non-hydrogen) atoms. The van der Waals surface area contributed by atoms with Crippen molar-refractivity contribution in [2.24, 2.45) is 0 Å². The normalized spacial score (nSPS) is 10.0. The Kier molecular flexibility index (Phi) is 6.93. The maximum absolute atomic E-state index is 11.9. The van der Waals surface area contributed by atoms with E-state index in [-0.39, 0.29) is 13.2 Å². The molecule has 0 saturated heterocycles. The summed E-state index contributed by atoms with van der Waals surface area (Å²) in [6.45, 7) is -0.0916. The predicted molar refractivity (Wildman–Crippen MR) is 99.1 cm³/mol. The summed E-state index contributed by atoms with van der Waals surface area (Å²) in [4.78, 5) is 35.0. The van der Waals surface area contributed by atoms with E-state index >= 15 is 0 Å². The third-order valence-corrected chi connectivity index (χ3v) is 3.93. The van der Waals surface area contributed by atoms with E-state index in [9.17, 15) is 14.4 Å². The van der Waals surface area contributed by atoms with Crippen LogP contribution in [0.3, 0.4) is 0 Å². The first-order chi connectivity index (χ1) is 12.0. The van der Waals surface area contributed by atoms with Gasteiger partial charge in [-0.1, -0.05) is 18.2 Å². The molecule has 1 amide bonds. The molecule has 7 heteroatoms. The van der Waals surface area contributed by atoms with Crippen LogP contribution in [0.2, 0.25) is 0 Å². The molecular weight excluding hydrogens is 437 g/mol. The molecule has 1 N–H and O–H groups in total. The highest BCUT2D eigenvalue weighted by molar-refractivity contribution is 14.1. The van der Waals surface area contributed by atoms with Crippen LogP contribution in [0.4, 0.5) is 0 Å². The molecule has 0 unspecified atom stereocenters. The molecule has 0 saturated carbocycles. The molecule has 0 aromatic heterocycles. The van der Waals surface area contributed by atoms with E-state index in [0.717, 1.165) is 9.13 Å². The maximum atomic E-state index is 11.9. The summed E-state index contributed by atoms with van der Waals surface area (Å²) >= 11 is 2.09. The van der Waals surface area contributed by atoms with Gasteiger partial charge in [-0.25, -0.2) is 9.59 Å². The Morgan fingerprint density at radius 1 is 1.00 bits per heavy atom. The molecule has 2 rings (SSSR count). The molecule has 0 atom stereocenters. The second-order valence-corrected chi connectivity index (χ2v) is 6.30. The minimum absolute atomic E-state index is 0.265. The number of ether oxygens (including phenoxy) is 2. The van der Waals surface area contributed by atoms with E-state index in [1.807, 2.05) is 6.07 Å². The fourth-order valence-corrected chi connectivity index (χ4v) is 2.50. The highest BCUT2D eigenvalue weighted by Crippen LogP contribution is 2.09. The first kappa shape index (κ1) is 18.9. The van der Waals surface area contributed by atoms with Crippen LogP contribution in [0.1, 0.15) is 26.3 Å². The summed E-state index contributed by atoms with van der Waals surface area (Å²) in [5, 5.41) is 2.65. The lowest BCUT2D eigenvalue weighted by atomic mass is 10.1. The predicted octanol–water partition coefficient (Wildman–Crippen LogP) is 2.55. The first-order valence-electron chi connectivity index (χ1n) is 7.36. The molecule has 0 spiro atoms. The number of halogens is 1. The smallest absolute Gasteiger partial charge is 0.338 e. The second-order valence-electron chi connectivity index (χ2n) is 5.05. The molecule has 0 bridgehead atoms. The standard InChI is InChI=1S/C18H16INO5/c1-24-17(22)13-7-5-12(6-8-13)10-20-16(21)11-25-18(23)14-3-2-4-15(19)9-14/h2-9H,10-11H2,1H3,(H,20,21). The molecular formula is C18H16INO5. The van der Waals surface area contributed by atoms with Gasteiger partial charge in [0.25, 0.3) is 5.91 Å². The van der Waals surface area contributed by atoms with Crippen molar-refractivity contribution < 1.29 is 23.9 Å².